The topological polar surface area (TPSA) is 46.8 Å². The lowest BCUT2D eigenvalue weighted by Gasteiger charge is -2.22. The van der Waals surface area contributed by atoms with E-state index in [4.69, 9.17) is 9.72 Å². The van der Waals surface area contributed by atoms with Gasteiger partial charge < -0.3 is 4.74 Å². The van der Waals surface area contributed by atoms with Gasteiger partial charge in [0.05, 0.1) is 12.8 Å². The molecule has 4 rings (SSSR count). The fourth-order valence-electron chi connectivity index (χ4n) is 3.56. The Balaban J connectivity index is 1.63. The molecule has 0 radical (unpaired) electrons. The van der Waals surface area contributed by atoms with Crippen molar-refractivity contribution >= 4 is 5.65 Å². The van der Waals surface area contributed by atoms with E-state index >= 15 is 0 Å². The van der Waals surface area contributed by atoms with E-state index < -0.39 is 0 Å². The summed E-state index contributed by atoms with van der Waals surface area (Å²) in [5.41, 5.74) is 4.88. The van der Waals surface area contributed by atoms with Crippen LogP contribution in [0.5, 0.6) is 5.75 Å². The molecule has 0 N–H and O–H groups in total. The largest absolute Gasteiger partial charge is 0.497 e. The van der Waals surface area contributed by atoms with Crippen LogP contribution < -0.4 is 10.3 Å². The third-order valence-electron chi connectivity index (χ3n) is 5.08. The van der Waals surface area contributed by atoms with Crippen LogP contribution in [-0.4, -0.2) is 21.4 Å². The van der Waals surface area contributed by atoms with Crippen LogP contribution in [0.2, 0.25) is 0 Å². The minimum absolute atomic E-state index is 0.0564. The van der Waals surface area contributed by atoms with Crippen LogP contribution in [0.15, 0.2) is 83.8 Å². The second-order valence-electron chi connectivity index (χ2n) is 7.50. The predicted octanol–water partition coefficient (Wildman–Crippen LogP) is 4.21. The molecule has 0 aliphatic rings. The first-order chi connectivity index (χ1) is 14.6. The van der Waals surface area contributed by atoms with E-state index in [0.717, 1.165) is 30.1 Å². The number of nitrogens with zero attached hydrogens (tertiary/aromatic N) is 3. The summed E-state index contributed by atoms with van der Waals surface area (Å²) in [5, 5.41) is 0. The first kappa shape index (κ1) is 19.9. The van der Waals surface area contributed by atoms with Crippen molar-refractivity contribution in [1.29, 1.82) is 0 Å². The third kappa shape index (κ3) is 4.75. The summed E-state index contributed by atoms with van der Waals surface area (Å²) in [6.07, 6.45) is 1.78. The lowest BCUT2D eigenvalue weighted by atomic mass is 10.1. The molecule has 30 heavy (non-hydrogen) atoms. The summed E-state index contributed by atoms with van der Waals surface area (Å²) in [5.74, 6) is 0.841. The molecule has 0 saturated heterocycles. The third-order valence-corrected chi connectivity index (χ3v) is 5.08. The number of methoxy groups -OCH3 is 1. The molecule has 2 aromatic carbocycles. The zero-order valence-corrected chi connectivity index (χ0v) is 17.3. The summed E-state index contributed by atoms with van der Waals surface area (Å²) in [7, 11) is 1.67. The average Bonchev–Trinajstić information content (AvgIpc) is 2.74. The predicted molar refractivity (Wildman–Crippen MR) is 119 cm³/mol. The smallest absolute Gasteiger partial charge is 0.258 e. The van der Waals surface area contributed by atoms with E-state index in [1.54, 1.807) is 23.8 Å². The minimum Gasteiger partial charge on any atom is -0.497 e. The van der Waals surface area contributed by atoms with Crippen molar-refractivity contribution < 1.29 is 4.74 Å². The maximum atomic E-state index is 12.6. The fraction of sp³-hybridized carbons (Fsp3) is 0.200. The number of pyridine rings is 1. The van der Waals surface area contributed by atoms with Gasteiger partial charge in [-0.1, -0.05) is 42.5 Å². The second kappa shape index (κ2) is 8.93. The Kier molecular flexibility index (Phi) is 5.91. The van der Waals surface area contributed by atoms with Crippen molar-refractivity contribution in [2.75, 3.05) is 7.11 Å². The molecule has 0 spiro atoms. The van der Waals surface area contributed by atoms with Crippen molar-refractivity contribution in [3.63, 3.8) is 0 Å². The lowest BCUT2D eigenvalue weighted by Crippen LogP contribution is -2.25. The molecule has 0 unspecified atom stereocenters. The van der Waals surface area contributed by atoms with Gasteiger partial charge in [0.1, 0.15) is 11.4 Å². The molecule has 0 aliphatic carbocycles. The van der Waals surface area contributed by atoms with E-state index in [-0.39, 0.29) is 5.56 Å². The molecular weight excluding hydrogens is 374 g/mol. The summed E-state index contributed by atoms with van der Waals surface area (Å²) >= 11 is 0. The monoisotopic (exact) mass is 399 g/mol. The fourth-order valence-corrected chi connectivity index (χ4v) is 3.56. The van der Waals surface area contributed by atoms with Crippen molar-refractivity contribution in [3.8, 4) is 5.75 Å². The van der Waals surface area contributed by atoms with Crippen molar-refractivity contribution in [1.82, 2.24) is 14.3 Å². The van der Waals surface area contributed by atoms with Crippen LogP contribution in [0.3, 0.4) is 0 Å². The number of aryl methyl sites for hydroxylation is 1. The molecule has 4 aromatic rings. The number of hydrogen-bond donors (Lipinski definition) is 0. The Morgan fingerprint density at radius 3 is 2.30 bits per heavy atom. The van der Waals surface area contributed by atoms with Gasteiger partial charge in [-0.05, 0) is 47.9 Å². The zero-order chi connectivity index (χ0) is 20.9. The van der Waals surface area contributed by atoms with E-state index in [0.29, 0.717) is 12.2 Å². The van der Waals surface area contributed by atoms with E-state index in [9.17, 15) is 4.79 Å². The minimum atomic E-state index is -0.0564. The molecule has 0 saturated carbocycles. The van der Waals surface area contributed by atoms with Crippen LogP contribution >= 0.6 is 0 Å². The molecule has 0 amide bonds. The van der Waals surface area contributed by atoms with Crippen molar-refractivity contribution in [2.45, 2.75) is 26.6 Å². The molecule has 0 aliphatic heterocycles. The van der Waals surface area contributed by atoms with Crippen molar-refractivity contribution in [3.05, 3.63) is 112 Å². The Morgan fingerprint density at radius 2 is 1.60 bits per heavy atom. The second-order valence-corrected chi connectivity index (χ2v) is 7.50. The van der Waals surface area contributed by atoms with Gasteiger partial charge in [-0.2, -0.15) is 0 Å². The molecule has 2 aromatic heterocycles. The number of fused-ring (bicyclic) bond motifs is 1. The zero-order valence-electron chi connectivity index (χ0n) is 17.3. The van der Waals surface area contributed by atoms with Crippen LogP contribution in [0.1, 0.15) is 22.4 Å². The SMILES string of the molecule is COc1ccc(CN(Cc2ccccc2)Cc2cc(=O)n3ccc(C)cc3n2)cc1. The maximum absolute atomic E-state index is 12.6. The highest BCUT2D eigenvalue weighted by Crippen LogP contribution is 2.16. The Bertz CT molecular complexity index is 1180. The summed E-state index contributed by atoms with van der Waals surface area (Å²) in [4.78, 5) is 19.6. The molecule has 5 nitrogen and oxygen atoms in total. The van der Waals surface area contributed by atoms with Gasteiger partial charge in [0.15, 0.2) is 0 Å². The highest BCUT2D eigenvalue weighted by Gasteiger charge is 2.11. The quantitative estimate of drug-likeness (QED) is 0.467. The Hall–Kier alpha value is -3.44. The van der Waals surface area contributed by atoms with Gasteiger partial charge in [-0.25, -0.2) is 4.98 Å². The molecule has 0 bridgehead atoms. The highest BCUT2D eigenvalue weighted by molar-refractivity contribution is 5.41. The Labute approximate surface area is 176 Å². The first-order valence-electron chi connectivity index (χ1n) is 9.99. The molecule has 152 valence electrons. The Morgan fingerprint density at radius 1 is 0.900 bits per heavy atom. The van der Waals surface area contributed by atoms with Crippen LogP contribution in [0.4, 0.5) is 0 Å². The van der Waals surface area contributed by atoms with Gasteiger partial charge in [-0.15, -0.1) is 0 Å². The highest BCUT2D eigenvalue weighted by atomic mass is 16.5. The average molecular weight is 399 g/mol. The summed E-state index contributed by atoms with van der Waals surface area (Å²) < 4.78 is 6.85. The van der Waals surface area contributed by atoms with Gasteiger partial charge in [0, 0.05) is 31.9 Å². The van der Waals surface area contributed by atoms with Crippen LogP contribution in [0.25, 0.3) is 5.65 Å². The van der Waals surface area contributed by atoms with E-state index in [1.807, 2.05) is 49.4 Å². The molecule has 5 heteroatoms. The van der Waals surface area contributed by atoms with E-state index in [1.165, 1.54) is 11.1 Å². The normalized spacial score (nSPS) is 11.2. The lowest BCUT2D eigenvalue weighted by molar-refractivity contribution is 0.244. The molecular formula is C25H25N3O2. The van der Waals surface area contributed by atoms with Crippen LogP contribution in [-0.2, 0) is 19.6 Å². The van der Waals surface area contributed by atoms with Crippen LogP contribution in [0, 0.1) is 6.92 Å². The van der Waals surface area contributed by atoms with Gasteiger partial charge in [-0.3, -0.25) is 14.1 Å². The number of aromatic nitrogens is 2. The number of ether oxygens (including phenoxy) is 1. The number of rotatable bonds is 7. The van der Waals surface area contributed by atoms with E-state index in [2.05, 4.69) is 29.2 Å². The standard InChI is InChI=1S/C25H25N3O2/c1-19-12-13-28-24(14-19)26-22(15-25(28)29)18-27(16-20-6-4-3-5-7-20)17-21-8-10-23(30-2)11-9-21/h3-15H,16-18H2,1-2H3. The van der Waals surface area contributed by atoms with Crippen molar-refractivity contribution in [2.24, 2.45) is 0 Å². The number of benzene rings is 2. The molecule has 2 heterocycles. The van der Waals surface area contributed by atoms with Gasteiger partial charge >= 0.3 is 0 Å². The van der Waals surface area contributed by atoms with Gasteiger partial charge in [0.2, 0.25) is 0 Å². The summed E-state index contributed by atoms with van der Waals surface area (Å²) in [6.45, 7) is 4.10. The molecule has 0 atom stereocenters. The first-order valence-corrected chi connectivity index (χ1v) is 9.99. The maximum Gasteiger partial charge on any atom is 0.258 e. The van der Waals surface area contributed by atoms with Gasteiger partial charge in [0.25, 0.3) is 5.56 Å². The summed E-state index contributed by atoms with van der Waals surface area (Å²) in [6, 6.07) is 23.9. The molecule has 0 fully saturated rings. The number of hydrogen-bond acceptors (Lipinski definition) is 4.